The van der Waals surface area contributed by atoms with Crippen LogP contribution in [-0.2, 0) is 0 Å². The van der Waals surface area contributed by atoms with E-state index in [1.165, 1.54) is 57.8 Å². The van der Waals surface area contributed by atoms with E-state index in [9.17, 15) is 10.2 Å². The summed E-state index contributed by atoms with van der Waals surface area (Å²) in [7, 11) is 0. The molecule has 0 aromatic heterocycles. The van der Waals surface area contributed by atoms with E-state index in [1.807, 2.05) is 0 Å². The van der Waals surface area contributed by atoms with Crippen LogP contribution >= 0.6 is 0 Å². The average Bonchev–Trinajstić information content (AvgIpc) is 3.30. The van der Waals surface area contributed by atoms with Crippen LogP contribution in [0.2, 0.25) is 0 Å². The van der Waals surface area contributed by atoms with Gasteiger partial charge in [-0.05, 0) is 182 Å². The quantitative estimate of drug-likeness (QED) is 0.144. The summed E-state index contributed by atoms with van der Waals surface area (Å²) in [6.45, 7) is 14.9. The fourth-order valence-electron chi connectivity index (χ4n) is 10.4. The molecule has 0 amide bonds. The second-order valence-corrected chi connectivity index (χ2v) is 15.0. The van der Waals surface area contributed by atoms with Gasteiger partial charge in [-0.15, -0.1) is 0 Å². The van der Waals surface area contributed by atoms with Crippen molar-refractivity contribution in [3.05, 3.63) is 0 Å². The molecule has 4 aliphatic carbocycles. The summed E-state index contributed by atoms with van der Waals surface area (Å²) in [5.41, 5.74) is 5.94. The van der Waals surface area contributed by atoms with Gasteiger partial charge in [0.1, 0.15) is 0 Å². The fourth-order valence-corrected chi connectivity index (χ4v) is 10.4. The molecule has 0 saturated heterocycles. The Hall–Kier alpha value is -0.240. The van der Waals surface area contributed by atoms with Gasteiger partial charge in [0.05, 0.1) is 12.2 Å². The first-order chi connectivity index (χ1) is 19.3. The predicted octanol–water partition coefficient (Wildman–Crippen LogP) is 4.68. The second kappa shape index (κ2) is 15.5. The second-order valence-electron chi connectivity index (χ2n) is 15.0. The summed E-state index contributed by atoms with van der Waals surface area (Å²) in [4.78, 5) is 0. The Morgan fingerprint density at radius 2 is 1.40 bits per heavy atom. The number of hydrogen-bond donors (Lipinski definition) is 6. The number of aliphatic hydroxyl groups excluding tert-OH is 2. The smallest absolute Gasteiger partial charge is 0.0602 e. The molecule has 0 aliphatic heterocycles. The number of fused-ring (bicyclic) bond motifs is 5. The summed E-state index contributed by atoms with van der Waals surface area (Å²) in [6, 6.07) is 0. The van der Waals surface area contributed by atoms with Crippen molar-refractivity contribution in [1.82, 2.24) is 16.0 Å². The molecule has 6 heteroatoms. The van der Waals surface area contributed by atoms with Gasteiger partial charge in [0, 0.05) is 0 Å². The summed E-state index contributed by atoms with van der Waals surface area (Å²) in [5, 5.41) is 32.8. The van der Waals surface area contributed by atoms with Crippen LogP contribution in [0.3, 0.4) is 0 Å². The van der Waals surface area contributed by atoms with E-state index >= 15 is 0 Å². The lowest BCUT2D eigenvalue weighted by molar-refractivity contribution is -0.174. The molecule has 0 radical (unpaired) electrons. The van der Waals surface area contributed by atoms with Gasteiger partial charge in [0.2, 0.25) is 0 Å². The Bertz CT molecular complexity index is 739. The maximum atomic E-state index is 11.8. The van der Waals surface area contributed by atoms with Gasteiger partial charge in [0.15, 0.2) is 0 Å². The van der Waals surface area contributed by atoms with E-state index in [0.717, 1.165) is 83.8 Å². The van der Waals surface area contributed by atoms with Crippen LogP contribution in [-0.4, -0.2) is 68.2 Å². The molecule has 234 valence electrons. The fraction of sp³-hybridized carbons (Fsp3) is 1.00. The molecule has 0 bridgehead atoms. The van der Waals surface area contributed by atoms with Crippen molar-refractivity contribution in [3.8, 4) is 0 Å². The summed E-state index contributed by atoms with van der Waals surface area (Å²) < 4.78 is 0. The van der Waals surface area contributed by atoms with E-state index in [2.05, 4.69) is 36.7 Å². The van der Waals surface area contributed by atoms with Crippen LogP contribution in [0.25, 0.3) is 0 Å². The molecular formula is C34H66N4O2. The van der Waals surface area contributed by atoms with E-state index in [1.54, 1.807) is 0 Å². The van der Waals surface area contributed by atoms with Crippen LogP contribution in [0.5, 0.6) is 0 Å². The number of rotatable bonds is 17. The van der Waals surface area contributed by atoms with Crippen LogP contribution in [0.4, 0.5) is 0 Å². The van der Waals surface area contributed by atoms with Crippen molar-refractivity contribution in [3.63, 3.8) is 0 Å². The molecule has 4 saturated carbocycles. The maximum Gasteiger partial charge on any atom is 0.0602 e. The first-order valence-electron chi connectivity index (χ1n) is 17.5. The van der Waals surface area contributed by atoms with Crippen molar-refractivity contribution in [2.45, 2.75) is 123 Å². The number of nitrogens with one attached hydrogen (secondary N) is 3. The normalized spacial score (nSPS) is 39.9. The number of unbranched alkanes of at least 4 members (excludes halogenated alkanes) is 1. The van der Waals surface area contributed by atoms with Crippen molar-refractivity contribution in [2.75, 3.05) is 45.8 Å². The minimum Gasteiger partial charge on any atom is -0.393 e. The zero-order chi connectivity index (χ0) is 28.6. The van der Waals surface area contributed by atoms with E-state index < -0.39 is 0 Å². The SMILES string of the molecule is C[C@H](CCCNCCCNCCCCNCCCN)[C@H]1CC[C@H]2[C@@H]3CC[C@@H]4C[C@H](O)CC[C@]4(C)[C@H]3C[C@H](O)[C@]12C. The maximum absolute atomic E-state index is 11.8. The molecule has 7 N–H and O–H groups in total. The predicted molar refractivity (Wildman–Crippen MR) is 167 cm³/mol. The highest BCUT2D eigenvalue weighted by atomic mass is 16.3. The Balaban J connectivity index is 1.12. The van der Waals surface area contributed by atoms with Gasteiger partial charge in [-0.1, -0.05) is 20.8 Å². The van der Waals surface area contributed by atoms with Crippen molar-refractivity contribution in [1.29, 1.82) is 0 Å². The number of aliphatic hydroxyl groups is 2. The third-order valence-corrected chi connectivity index (χ3v) is 12.7. The van der Waals surface area contributed by atoms with E-state index in [4.69, 9.17) is 5.73 Å². The topological polar surface area (TPSA) is 103 Å². The lowest BCUT2D eigenvalue weighted by atomic mass is 9.43. The first-order valence-corrected chi connectivity index (χ1v) is 17.5. The van der Waals surface area contributed by atoms with Gasteiger partial charge >= 0.3 is 0 Å². The zero-order valence-corrected chi connectivity index (χ0v) is 26.4. The third kappa shape index (κ3) is 7.45. The molecular weight excluding hydrogens is 496 g/mol. The van der Waals surface area contributed by atoms with Gasteiger partial charge < -0.3 is 31.9 Å². The summed E-state index contributed by atoms with van der Waals surface area (Å²) in [6.07, 6.45) is 16.4. The highest BCUT2D eigenvalue weighted by molar-refractivity contribution is 5.12. The molecule has 0 spiro atoms. The molecule has 0 unspecified atom stereocenters. The van der Waals surface area contributed by atoms with Gasteiger partial charge in [-0.25, -0.2) is 0 Å². The Morgan fingerprint density at radius 1 is 0.750 bits per heavy atom. The molecule has 10 atom stereocenters. The average molecular weight is 563 g/mol. The molecule has 0 heterocycles. The highest BCUT2D eigenvalue weighted by Crippen LogP contribution is 2.68. The standard InChI is InChI=1S/C34H66N4O2/c1-25(9-6-19-38-22-8-21-37-18-5-4-17-36-20-7-16-35)29-12-13-30-28-11-10-26-23-27(39)14-15-33(26,2)31(28)24-32(40)34(29,30)3/h25-32,36-40H,4-24,35H2,1-3H3/t25-,26-,27-,28+,29-,30+,31+,32+,33+,34-/m1/s1. The third-order valence-electron chi connectivity index (χ3n) is 12.7. The van der Waals surface area contributed by atoms with E-state index in [0.29, 0.717) is 35.0 Å². The van der Waals surface area contributed by atoms with Crippen LogP contribution in [0.15, 0.2) is 0 Å². The van der Waals surface area contributed by atoms with Crippen LogP contribution in [0.1, 0.15) is 111 Å². The zero-order valence-electron chi connectivity index (χ0n) is 26.4. The monoisotopic (exact) mass is 563 g/mol. The Morgan fingerprint density at radius 3 is 2.10 bits per heavy atom. The highest BCUT2D eigenvalue weighted by Gasteiger charge is 2.63. The molecule has 4 aliphatic rings. The largest absolute Gasteiger partial charge is 0.393 e. The lowest BCUT2D eigenvalue weighted by Crippen LogP contribution is -2.58. The van der Waals surface area contributed by atoms with Crippen LogP contribution in [0, 0.1) is 46.3 Å². The molecule has 4 rings (SSSR count). The van der Waals surface area contributed by atoms with E-state index in [-0.39, 0.29) is 17.6 Å². The van der Waals surface area contributed by atoms with Crippen molar-refractivity contribution >= 4 is 0 Å². The molecule has 4 fully saturated rings. The van der Waals surface area contributed by atoms with Crippen molar-refractivity contribution < 1.29 is 10.2 Å². The summed E-state index contributed by atoms with van der Waals surface area (Å²) in [5.74, 6) is 4.14. The van der Waals surface area contributed by atoms with Gasteiger partial charge in [-0.3, -0.25) is 0 Å². The molecule has 0 aromatic rings. The van der Waals surface area contributed by atoms with Gasteiger partial charge in [-0.2, -0.15) is 0 Å². The minimum atomic E-state index is -0.158. The number of nitrogens with two attached hydrogens (primary N) is 1. The number of hydrogen-bond acceptors (Lipinski definition) is 6. The Labute approximate surface area is 246 Å². The lowest BCUT2D eigenvalue weighted by Gasteiger charge is -2.62. The van der Waals surface area contributed by atoms with Gasteiger partial charge in [0.25, 0.3) is 0 Å². The molecule has 0 aromatic carbocycles. The first kappa shape index (κ1) is 32.7. The van der Waals surface area contributed by atoms with Crippen LogP contribution < -0.4 is 21.7 Å². The summed E-state index contributed by atoms with van der Waals surface area (Å²) >= 11 is 0. The minimum absolute atomic E-state index is 0.0917. The molecule has 40 heavy (non-hydrogen) atoms. The van der Waals surface area contributed by atoms with Crippen molar-refractivity contribution in [2.24, 2.45) is 52.1 Å². The Kier molecular flexibility index (Phi) is 12.6. The molecule has 6 nitrogen and oxygen atoms in total.